The van der Waals surface area contributed by atoms with E-state index in [0.29, 0.717) is 0 Å². The van der Waals surface area contributed by atoms with Crippen LogP contribution in [0.1, 0.15) is 0 Å². The maximum Gasteiger partial charge on any atom is 0.0542 e. The maximum atomic E-state index is 3.67. The molecule has 0 spiro atoms. The lowest BCUT2D eigenvalue weighted by atomic mass is 10.0. The van der Waals surface area contributed by atoms with E-state index in [1.54, 1.807) is 0 Å². The molecule has 10 aromatic rings. The van der Waals surface area contributed by atoms with E-state index in [1.807, 2.05) is 0 Å². The summed E-state index contributed by atoms with van der Waals surface area (Å²) in [6, 6.07) is 80.4. The molecule has 0 aliphatic carbocycles. The molecule has 59 heavy (non-hydrogen) atoms. The van der Waals surface area contributed by atoms with Gasteiger partial charge in [-0.25, -0.2) is 0 Å². The second-order valence-electron chi connectivity index (χ2n) is 14.5. The van der Waals surface area contributed by atoms with E-state index in [1.165, 1.54) is 33.0 Å². The van der Waals surface area contributed by atoms with Gasteiger partial charge < -0.3 is 14.4 Å². The number of para-hydroxylation sites is 1. The van der Waals surface area contributed by atoms with Crippen molar-refractivity contribution in [3.05, 3.63) is 233 Å². The zero-order valence-corrected chi connectivity index (χ0v) is 35.1. The second kappa shape index (κ2) is 15.9. The highest BCUT2D eigenvalue weighted by atomic mass is 79.9. The van der Waals surface area contributed by atoms with Gasteiger partial charge in [-0.1, -0.05) is 135 Å². The Balaban J connectivity index is 1.16. The number of fused-ring (bicyclic) bond motifs is 3. The molecule has 0 atom stereocenters. The zero-order chi connectivity index (χ0) is 39.7. The molecule has 0 aliphatic heterocycles. The quantitative estimate of drug-likeness (QED) is 0.143. The minimum Gasteiger partial charge on any atom is -0.310 e. The zero-order valence-electron chi connectivity index (χ0n) is 32.0. The van der Waals surface area contributed by atoms with Gasteiger partial charge in [0.2, 0.25) is 0 Å². The van der Waals surface area contributed by atoms with Crippen molar-refractivity contribution in [1.82, 2.24) is 4.57 Å². The van der Waals surface area contributed by atoms with E-state index in [9.17, 15) is 0 Å². The molecule has 0 saturated heterocycles. The Hall–Kier alpha value is -6.66. The molecule has 282 valence electrons. The summed E-state index contributed by atoms with van der Waals surface area (Å²) in [5.74, 6) is 0. The molecule has 0 bridgehead atoms. The molecule has 1 heterocycles. The van der Waals surface area contributed by atoms with Crippen LogP contribution in [0.4, 0.5) is 34.1 Å². The third-order valence-corrected chi connectivity index (χ3v) is 12.0. The fraction of sp³-hybridized carbons (Fsp3) is 0. The van der Waals surface area contributed by atoms with Crippen molar-refractivity contribution in [3.63, 3.8) is 0 Å². The first-order chi connectivity index (χ1) is 29.1. The smallest absolute Gasteiger partial charge is 0.0542 e. The number of hydrogen-bond acceptors (Lipinski definition) is 2. The van der Waals surface area contributed by atoms with Crippen LogP contribution in [0.25, 0.3) is 49.7 Å². The molecule has 0 aliphatic rings. The van der Waals surface area contributed by atoms with E-state index >= 15 is 0 Å². The molecule has 0 N–H and O–H groups in total. The van der Waals surface area contributed by atoms with Crippen LogP contribution in [-0.4, -0.2) is 4.57 Å². The lowest BCUT2D eigenvalue weighted by molar-refractivity contribution is 1.18. The summed E-state index contributed by atoms with van der Waals surface area (Å²) in [6.45, 7) is 0. The molecule has 0 fully saturated rings. The highest BCUT2D eigenvalue weighted by Gasteiger charge is 2.20. The predicted octanol–water partition coefficient (Wildman–Crippen LogP) is 16.6. The summed E-state index contributed by atoms with van der Waals surface area (Å²) >= 11 is 7.34. The molecular weight excluding hydrogens is 850 g/mol. The Morgan fingerprint density at radius 1 is 0.288 bits per heavy atom. The largest absolute Gasteiger partial charge is 0.310 e. The normalized spacial score (nSPS) is 11.2. The van der Waals surface area contributed by atoms with Crippen LogP contribution in [0.15, 0.2) is 233 Å². The van der Waals surface area contributed by atoms with E-state index in [-0.39, 0.29) is 0 Å². The standard InChI is InChI=1S/C54H37Br2N3/c55-42-20-28-47(29-21-42)57(45-24-16-40(17-25-45)38-10-4-1-5-11-38)49-32-34-53-51(36-49)52-37-50(33-35-54(52)59(53)44-14-8-3-9-15-44)58(48-30-22-43(56)23-31-48)46-26-18-41(19-27-46)39-12-6-2-7-13-39/h1-37H. The van der Waals surface area contributed by atoms with Gasteiger partial charge in [-0.3, -0.25) is 0 Å². The van der Waals surface area contributed by atoms with E-state index in [2.05, 4.69) is 271 Å². The van der Waals surface area contributed by atoms with Crippen molar-refractivity contribution < 1.29 is 0 Å². The van der Waals surface area contributed by atoms with E-state index in [0.717, 1.165) is 59.8 Å². The molecule has 0 unspecified atom stereocenters. The molecule has 9 aromatic carbocycles. The number of halogens is 2. The Morgan fingerprint density at radius 2 is 0.593 bits per heavy atom. The first-order valence-corrected chi connectivity index (χ1v) is 21.2. The van der Waals surface area contributed by atoms with E-state index in [4.69, 9.17) is 0 Å². The van der Waals surface area contributed by atoms with Crippen molar-refractivity contribution in [2.24, 2.45) is 0 Å². The number of nitrogens with zero attached hydrogens (tertiary/aromatic N) is 3. The highest BCUT2D eigenvalue weighted by molar-refractivity contribution is 9.10. The molecule has 0 saturated carbocycles. The van der Waals surface area contributed by atoms with Gasteiger partial charge in [0.1, 0.15) is 0 Å². The number of hydrogen-bond donors (Lipinski definition) is 0. The number of aromatic nitrogens is 1. The predicted molar refractivity (Wildman–Crippen MR) is 256 cm³/mol. The van der Waals surface area contributed by atoms with Gasteiger partial charge >= 0.3 is 0 Å². The average Bonchev–Trinajstić information content (AvgIpc) is 3.62. The van der Waals surface area contributed by atoms with Crippen LogP contribution in [-0.2, 0) is 0 Å². The lowest BCUT2D eigenvalue weighted by Gasteiger charge is -2.26. The van der Waals surface area contributed by atoms with Crippen molar-refractivity contribution >= 4 is 87.8 Å². The number of benzene rings is 9. The summed E-state index contributed by atoms with van der Waals surface area (Å²) < 4.78 is 4.47. The molecule has 0 radical (unpaired) electrons. The maximum absolute atomic E-state index is 3.67. The van der Waals surface area contributed by atoms with Crippen molar-refractivity contribution in [3.8, 4) is 27.9 Å². The fourth-order valence-corrected chi connectivity index (χ4v) is 8.60. The first-order valence-electron chi connectivity index (χ1n) is 19.6. The Morgan fingerprint density at radius 3 is 0.966 bits per heavy atom. The molecule has 3 nitrogen and oxygen atoms in total. The average molecular weight is 888 g/mol. The Kier molecular flexibility index (Phi) is 9.91. The van der Waals surface area contributed by atoms with Crippen molar-refractivity contribution in [2.45, 2.75) is 0 Å². The number of rotatable bonds is 9. The fourth-order valence-electron chi connectivity index (χ4n) is 8.07. The van der Waals surface area contributed by atoms with Crippen LogP contribution in [0.3, 0.4) is 0 Å². The van der Waals surface area contributed by atoms with Gasteiger partial charge in [0.15, 0.2) is 0 Å². The molecular formula is C54H37Br2N3. The monoisotopic (exact) mass is 885 g/mol. The topological polar surface area (TPSA) is 11.4 Å². The minimum atomic E-state index is 1.04. The lowest BCUT2D eigenvalue weighted by Crippen LogP contribution is -2.10. The molecule has 10 rings (SSSR count). The minimum absolute atomic E-state index is 1.04. The summed E-state index contributed by atoms with van der Waals surface area (Å²) in [6.07, 6.45) is 0. The molecule has 1 aromatic heterocycles. The highest BCUT2D eigenvalue weighted by Crippen LogP contribution is 2.43. The molecule has 0 amide bonds. The SMILES string of the molecule is Brc1ccc(N(c2ccc(-c3ccccc3)cc2)c2ccc3c(c2)c2cc(N(c4ccc(Br)cc4)c4ccc(-c5ccccc5)cc4)ccc2n3-c2ccccc2)cc1. The molecule has 5 heteroatoms. The van der Waals surface area contributed by atoms with Crippen molar-refractivity contribution in [2.75, 3.05) is 9.80 Å². The summed E-state index contributed by atoms with van der Waals surface area (Å²) in [5.41, 5.74) is 14.6. The first kappa shape index (κ1) is 36.7. The van der Waals surface area contributed by atoms with Crippen LogP contribution in [0, 0.1) is 0 Å². The summed E-state index contributed by atoms with van der Waals surface area (Å²) in [4.78, 5) is 4.69. The second-order valence-corrected chi connectivity index (χ2v) is 16.4. The van der Waals surface area contributed by atoms with Crippen LogP contribution < -0.4 is 9.80 Å². The van der Waals surface area contributed by atoms with Gasteiger partial charge in [0.25, 0.3) is 0 Å². The van der Waals surface area contributed by atoms with Crippen LogP contribution in [0.2, 0.25) is 0 Å². The van der Waals surface area contributed by atoms with Gasteiger partial charge in [-0.2, -0.15) is 0 Å². The van der Waals surface area contributed by atoms with Gasteiger partial charge in [0.05, 0.1) is 11.0 Å². The van der Waals surface area contributed by atoms with Gasteiger partial charge in [0, 0.05) is 59.5 Å². The van der Waals surface area contributed by atoms with E-state index < -0.39 is 0 Å². The third kappa shape index (κ3) is 7.25. The Labute approximate surface area is 361 Å². The van der Waals surface area contributed by atoms with Gasteiger partial charge in [-0.05, 0) is 144 Å². The van der Waals surface area contributed by atoms with Gasteiger partial charge in [-0.15, -0.1) is 0 Å². The van der Waals surface area contributed by atoms with Crippen molar-refractivity contribution in [1.29, 1.82) is 0 Å². The summed E-state index contributed by atoms with van der Waals surface area (Å²) in [7, 11) is 0. The van der Waals surface area contributed by atoms with Crippen LogP contribution in [0.5, 0.6) is 0 Å². The van der Waals surface area contributed by atoms with Crippen LogP contribution >= 0.6 is 31.9 Å². The Bertz CT molecular complexity index is 2830. The number of anilines is 6. The summed E-state index contributed by atoms with van der Waals surface area (Å²) in [5, 5.41) is 2.34. The third-order valence-electron chi connectivity index (χ3n) is 10.9.